The molecule has 0 bridgehead atoms. The molecule has 0 radical (unpaired) electrons. The zero-order valence-electron chi connectivity index (χ0n) is 34.3. The number of rotatable bonds is 8. The van der Waals surface area contributed by atoms with Crippen molar-refractivity contribution in [3.63, 3.8) is 0 Å². The van der Waals surface area contributed by atoms with Crippen LogP contribution in [0.3, 0.4) is 0 Å². The summed E-state index contributed by atoms with van der Waals surface area (Å²) < 4.78 is 55.0. The second-order valence-electron chi connectivity index (χ2n) is 17.3. The minimum Gasteiger partial charge on any atom is -0.480 e. The molecule has 7 heterocycles. The van der Waals surface area contributed by atoms with Gasteiger partial charge in [0.2, 0.25) is 23.5 Å². The van der Waals surface area contributed by atoms with E-state index in [1.165, 1.54) is 10.8 Å². The molecule has 2 amide bonds. The van der Waals surface area contributed by atoms with E-state index in [-0.39, 0.29) is 46.7 Å². The van der Waals surface area contributed by atoms with E-state index < -0.39 is 36.2 Å². The number of hydrogen-bond donors (Lipinski definition) is 3. The molecule has 1 saturated carbocycles. The van der Waals surface area contributed by atoms with E-state index in [4.69, 9.17) is 21.3 Å². The van der Waals surface area contributed by atoms with Crippen LogP contribution in [0.1, 0.15) is 43.7 Å². The number of nitrogens with one attached hydrogen (secondary N) is 3. The minimum atomic E-state index is -3.16. The van der Waals surface area contributed by atoms with Crippen LogP contribution in [-0.4, -0.2) is 112 Å². The maximum absolute atomic E-state index is 16.0. The highest BCUT2D eigenvalue weighted by Crippen LogP contribution is 2.46. The molecule has 19 heteroatoms. The predicted molar refractivity (Wildman–Crippen MR) is 230 cm³/mol. The van der Waals surface area contributed by atoms with Crippen LogP contribution in [0.4, 0.5) is 42.0 Å². The fraction of sp³-hybridized carbons (Fsp3) is 0.488. The van der Waals surface area contributed by atoms with Crippen molar-refractivity contribution in [1.82, 2.24) is 34.5 Å². The van der Waals surface area contributed by atoms with E-state index in [2.05, 4.69) is 48.0 Å². The number of carbonyl (C=O) groups is 2. The summed E-state index contributed by atoms with van der Waals surface area (Å²) in [6.07, 6.45) is 3.09. The monoisotopic (exact) mass is 873 g/mol. The van der Waals surface area contributed by atoms with Crippen molar-refractivity contribution in [2.45, 2.75) is 56.2 Å². The average Bonchev–Trinajstić information content (AvgIpc) is 4.06. The van der Waals surface area contributed by atoms with Crippen LogP contribution >= 0.6 is 11.6 Å². The second-order valence-corrected chi connectivity index (χ2v) is 17.7. The number of ether oxygens (including phenoxy) is 1. The standard InChI is InChI=1S/C43H47ClF3N11O4/c1-54-32-9-5-25(17-29(32)36-37(41(54)61)62-22-43(46,47)38(51-36)23-3-4-23)49-39-30(44)19-48-42(52-39)58-12-11-24(31(45)21-58)20-56-13-15-57(16-14-56)26-6-7-27-33(18-26)55(2)53-35(27)28-8-10-34(59)50-40(28)60/h5-7,9,17-19,23-24,28,31,38,51H,3-4,8,10-16,20-22H2,1-2H3,(H,48,49,52)(H,50,59,60)/t24-,28?,31-,38+/m1/s1. The molecular formula is C43H47ClF3N11O4. The number of fused-ring (bicyclic) bond motifs is 4. The van der Waals surface area contributed by atoms with Gasteiger partial charge in [-0.25, -0.2) is 18.2 Å². The van der Waals surface area contributed by atoms with Crippen LogP contribution in [0.25, 0.3) is 21.8 Å². The number of halogens is 4. The van der Waals surface area contributed by atoms with Gasteiger partial charge in [-0.15, -0.1) is 0 Å². The molecular weight excluding hydrogens is 827 g/mol. The van der Waals surface area contributed by atoms with Crippen molar-refractivity contribution in [1.29, 1.82) is 0 Å². The van der Waals surface area contributed by atoms with Gasteiger partial charge in [0.15, 0.2) is 12.4 Å². The van der Waals surface area contributed by atoms with E-state index >= 15 is 13.2 Å². The Hall–Kier alpha value is -5.62. The van der Waals surface area contributed by atoms with Gasteiger partial charge < -0.3 is 29.7 Å². The van der Waals surface area contributed by atoms with Crippen LogP contribution in [0.2, 0.25) is 5.02 Å². The van der Waals surface area contributed by atoms with E-state index in [9.17, 15) is 14.4 Å². The first-order valence-corrected chi connectivity index (χ1v) is 21.6. The Morgan fingerprint density at radius 3 is 2.52 bits per heavy atom. The molecule has 15 nitrogen and oxygen atoms in total. The topological polar surface area (TPSA) is 155 Å². The maximum Gasteiger partial charge on any atom is 0.301 e. The Bertz CT molecular complexity index is 2670. The first-order valence-electron chi connectivity index (χ1n) is 21.2. The SMILES string of the molecule is Cn1nc(C2CCC(=O)NC2=O)c2ccc(N3CCN(C[C@H]4CCN(c5ncc(Cl)c(Nc6ccc7c(c6)c6c(c(=O)n7C)OCC(F)(F)[C@H](C7CC7)N6)n5)C[C@H]4F)CC3)cc21. The zero-order valence-corrected chi connectivity index (χ0v) is 35.1. The Morgan fingerprint density at radius 2 is 1.76 bits per heavy atom. The minimum absolute atomic E-state index is 0.131. The molecule has 4 atom stereocenters. The molecule has 62 heavy (non-hydrogen) atoms. The van der Waals surface area contributed by atoms with Gasteiger partial charge in [-0.3, -0.25) is 29.3 Å². The van der Waals surface area contributed by atoms with Gasteiger partial charge in [0.25, 0.3) is 5.56 Å². The molecule has 1 aliphatic carbocycles. The fourth-order valence-corrected chi connectivity index (χ4v) is 9.70. The molecule has 0 spiro atoms. The molecule has 10 rings (SSSR count). The van der Waals surface area contributed by atoms with Crippen LogP contribution in [-0.2, 0) is 23.7 Å². The molecule has 2 aromatic carbocycles. The average molecular weight is 874 g/mol. The molecule has 3 saturated heterocycles. The lowest BCUT2D eigenvalue weighted by Gasteiger charge is -2.40. The number of carbonyl (C=O) groups excluding carboxylic acids is 2. The number of aromatic nitrogens is 5. The van der Waals surface area contributed by atoms with E-state index in [1.807, 2.05) is 18.0 Å². The summed E-state index contributed by atoms with van der Waals surface area (Å²) in [5, 5.41) is 15.0. The van der Waals surface area contributed by atoms with Gasteiger partial charge in [-0.2, -0.15) is 10.1 Å². The van der Waals surface area contributed by atoms with E-state index in [1.54, 1.807) is 29.9 Å². The first kappa shape index (κ1) is 40.5. The summed E-state index contributed by atoms with van der Waals surface area (Å²) in [6.45, 7) is 3.60. The number of piperidine rings is 2. The van der Waals surface area contributed by atoms with Gasteiger partial charge >= 0.3 is 5.92 Å². The number of alkyl halides is 3. The lowest BCUT2D eigenvalue weighted by molar-refractivity contribution is -0.134. The quantitative estimate of drug-likeness (QED) is 0.173. The van der Waals surface area contributed by atoms with Crippen LogP contribution in [0.15, 0.2) is 47.4 Å². The summed E-state index contributed by atoms with van der Waals surface area (Å²) >= 11 is 6.58. The number of amides is 2. The molecule has 3 aromatic heterocycles. The summed E-state index contributed by atoms with van der Waals surface area (Å²) in [5.41, 5.74) is 3.49. The third-order valence-electron chi connectivity index (χ3n) is 13.2. The largest absolute Gasteiger partial charge is 0.480 e. The highest BCUT2D eigenvalue weighted by Gasteiger charge is 2.51. The van der Waals surface area contributed by atoms with Crippen molar-refractivity contribution in [2.75, 3.05) is 72.9 Å². The number of pyridine rings is 1. The van der Waals surface area contributed by atoms with Crippen LogP contribution in [0.5, 0.6) is 5.75 Å². The summed E-state index contributed by atoms with van der Waals surface area (Å²) in [7, 11) is 3.44. The van der Waals surface area contributed by atoms with Crippen molar-refractivity contribution in [3.05, 3.63) is 63.7 Å². The number of benzene rings is 2. The molecule has 5 aromatic rings. The lowest BCUT2D eigenvalue weighted by atomic mass is 9.93. The number of piperazine rings is 1. The molecule has 1 unspecified atom stereocenters. The maximum atomic E-state index is 16.0. The third kappa shape index (κ3) is 7.43. The number of hydrogen-bond acceptors (Lipinski definition) is 12. The second kappa shape index (κ2) is 15.6. The normalized spacial score (nSPS) is 24.4. The highest BCUT2D eigenvalue weighted by molar-refractivity contribution is 6.33. The summed E-state index contributed by atoms with van der Waals surface area (Å²) in [6, 6.07) is 10.2. The van der Waals surface area contributed by atoms with E-state index in [0.29, 0.717) is 79.2 Å². The van der Waals surface area contributed by atoms with Gasteiger partial charge in [0, 0.05) is 87.8 Å². The zero-order chi connectivity index (χ0) is 43.0. The molecule has 3 N–H and O–H groups in total. The molecule has 4 fully saturated rings. The predicted octanol–water partition coefficient (Wildman–Crippen LogP) is 5.34. The smallest absolute Gasteiger partial charge is 0.301 e. The van der Waals surface area contributed by atoms with Gasteiger partial charge in [0.05, 0.1) is 47.1 Å². The van der Waals surface area contributed by atoms with Crippen LogP contribution < -0.4 is 36.0 Å². The van der Waals surface area contributed by atoms with E-state index in [0.717, 1.165) is 42.8 Å². The van der Waals surface area contributed by atoms with Crippen molar-refractivity contribution in [2.24, 2.45) is 25.9 Å². The molecule has 4 aliphatic heterocycles. The molecule has 326 valence electrons. The van der Waals surface area contributed by atoms with Crippen molar-refractivity contribution in [3.8, 4) is 5.75 Å². The summed E-state index contributed by atoms with van der Waals surface area (Å²) in [5.74, 6) is -4.04. The van der Waals surface area contributed by atoms with Crippen molar-refractivity contribution < 1.29 is 27.5 Å². The van der Waals surface area contributed by atoms with Crippen molar-refractivity contribution >= 4 is 74.0 Å². The molecule has 5 aliphatic rings. The number of anilines is 5. The van der Waals surface area contributed by atoms with Gasteiger partial charge in [0.1, 0.15) is 11.2 Å². The number of nitrogens with zero attached hydrogens (tertiary/aromatic N) is 8. The lowest BCUT2D eigenvalue weighted by Crippen LogP contribution is -2.51. The fourth-order valence-electron chi connectivity index (χ4n) is 9.56. The Kier molecular flexibility index (Phi) is 10.2. The van der Waals surface area contributed by atoms with Crippen LogP contribution in [0, 0.1) is 11.8 Å². The Balaban J connectivity index is 0.777. The Labute approximate surface area is 359 Å². The van der Waals surface area contributed by atoms with Gasteiger partial charge in [-0.05, 0) is 68.0 Å². The first-order chi connectivity index (χ1) is 29.8. The number of aryl methyl sites for hydroxylation is 2. The number of imide groups is 1. The third-order valence-corrected chi connectivity index (χ3v) is 13.5. The highest BCUT2D eigenvalue weighted by atomic mass is 35.5. The summed E-state index contributed by atoms with van der Waals surface area (Å²) in [4.78, 5) is 53.1. The van der Waals surface area contributed by atoms with Gasteiger partial charge in [-0.1, -0.05) is 11.6 Å². The Morgan fingerprint density at radius 1 is 0.952 bits per heavy atom.